The van der Waals surface area contributed by atoms with E-state index in [-0.39, 0.29) is 30.4 Å². The topological polar surface area (TPSA) is 81.1 Å². The quantitative estimate of drug-likeness (QED) is 0.688. The monoisotopic (exact) mass is 311 g/mol. The van der Waals surface area contributed by atoms with Crippen molar-refractivity contribution in [3.05, 3.63) is 42.1 Å². The normalized spacial score (nSPS) is 17.9. The molecule has 1 N–H and O–H groups in total. The summed E-state index contributed by atoms with van der Waals surface area (Å²) < 4.78 is 1.66. The van der Waals surface area contributed by atoms with Gasteiger partial charge in [-0.05, 0) is 6.42 Å². The van der Waals surface area contributed by atoms with Gasteiger partial charge in [-0.15, -0.1) is 0 Å². The molecule has 0 saturated carbocycles. The van der Waals surface area contributed by atoms with Gasteiger partial charge in [-0.3, -0.25) is 24.4 Å². The van der Waals surface area contributed by atoms with Gasteiger partial charge in [0.25, 0.3) is 0 Å². The van der Waals surface area contributed by atoms with E-state index in [0.717, 1.165) is 11.3 Å². The predicted octanol–water partition coefficient (Wildman–Crippen LogP) is 1.71. The molecule has 1 aromatic heterocycles. The third-order valence-corrected chi connectivity index (χ3v) is 4.07. The second-order valence-corrected chi connectivity index (χ2v) is 5.67. The number of aryl methyl sites for hydroxylation is 1. The van der Waals surface area contributed by atoms with Gasteiger partial charge in [0.1, 0.15) is 0 Å². The lowest BCUT2D eigenvalue weighted by molar-refractivity contribution is -0.136. The summed E-state index contributed by atoms with van der Waals surface area (Å²) in [4.78, 5) is 35.6. The standard InChI is InChI=1S/C17H17N3O3/c1-20-16(11-5-3-2-4-6-11)13(10-18-20)14(21)9-12-7-8-15(22)19-17(12)23/h2-6,10,12H,7-9H2,1H3,(H,19,22,23). The first-order valence-electron chi connectivity index (χ1n) is 7.50. The summed E-state index contributed by atoms with van der Waals surface area (Å²) in [5.41, 5.74) is 2.14. The van der Waals surface area contributed by atoms with Gasteiger partial charge >= 0.3 is 0 Å². The van der Waals surface area contributed by atoms with Crippen LogP contribution < -0.4 is 5.32 Å². The summed E-state index contributed by atoms with van der Waals surface area (Å²) >= 11 is 0. The van der Waals surface area contributed by atoms with Crippen LogP contribution in [0.5, 0.6) is 0 Å². The molecule has 0 spiro atoms. The van der Waals surface area contributed by atoms with Crippen LogP contribution in [-0.2, 0) is 16.6 Å². The molecule has 0 radical (unpaired) electrons. The number of aromatic nitrogens is 2. The van der Waals surface area contributed by atoms with Crippen molar-refractivity contribution in [3.8, 4) is 11.3 Å². The summed E-state index contributed by atoms with van der Waals surface area (Å²) in [5, 5.41) is 6.47. The van der Waals surface area contributed by atoms with Crippen molar-refractivity contribution in [3.63, 3.8) is 0 Å². The number of carbonyl (C=O) groups excluding carboxylic acids is 3. The smallest absolute Gasteiger partial charge is 0.230 e. The fourth-order valence-corrected chi connectivity index (χ4v) is 2.85. The van der Waals surface area contributed by atoms with Crippen molar-refractivity contribution in [2.75, 3.05) is 0 Å². The Labute approximate surface area is 133 Å². The maximum Gasteiger partial charge on any atom is 0.230 e. The Kier molecular flexibility index (Phi) is 4.06. The molecular weight excluding hydrogens is 294 g/mol. The van der Waals surface area contributed by atoms with Gasteiger partial charge in [-0.2, -0.15) is 5.10 Å². The summed E-state index contributed by atoms with van der Waals surface area (Å²) in [6.07, 6.45) is 2.32. The fourth-order valence-electron chi connectivity index (χ4n) is 2.85. The number of hydrogen-bond acceptors (Lipinski definition) is 4. The van der Waals surface area contributed by atoms with E-state index in [0.29, 0.717) is 12.0 Å². The average molecular weight is 311 g/mol. The lowest BCUT2D eigenvalue weighted by Gasteiger charge is -2.20. The number of nitrogens with one attached hydrogen (secondary N) is 1. The Morgan fingerprint density at radius 2 is 2.04 bits per heavy atom. The molecular formula is C17H17N3O3. The van der Waals surface area contributed by atoms with Gasteiger partial charge in [0, 0.05) is 31.4 Å². The van der Waals surface area contributed by atoms with E-state index in [1.165, 1.54) is 6.20 Å². The van der Waals surface area contributed by atoms with Crippen molar-refractivity contribution >= 4 is 17.6 Å². The molecule has 1 atom stereocenters. The van der Waals surface area contributed by atoms with Crippen LogP contribution >= 0.6 is 0 Å². The molecule has 1 saturated heterocycles. The Morgan fingerprint density at radius 1 is 1.30 bits per heavy atom. The van der Waals surface area contributed by atoms with Crippen molar-refractivity contribution in [1.29, 1.82) is 0 Å². The molecule has 0 bridgehead atoms. The predicted molar refractivity (Wildman–Crippen MR) is 83.5 cm³/mol. The number of piperidine rings is 1. The largest absolute Gasteiger partial charge is 0.296 e. The van der Waals surface area contributed by atoms with Crippen LogP contribution in [0.15, 0.2) is 36.5 Å². The number of ketones is 1. The first kappa shape index (κ1) is 15.1. The van der Waals surface area contributed by atoms with E-state index < -0.39 is 5.92 Å². The summed E-state index contributed by atoms with van der Waals surface area (Å²) in [6, 6.07) is 9.54. The van der Waals surface area contributed by atoms with Crippen molar-refractivity contribution < 1.29 is 14.4 Å². The van der Waals surface area contributed by atoms with Gasteiger partial charge in [0.15, 0.2) is 5.78 Å². The molecule has 6 nitrogen and oxygen atoms in total. The van der Waals surface area contributed by atoms with E-state index >= 15 is 0 Å². The molecule has 1 aliphatic heterocycles. The van der Waals surface area contributed by atoms with Crippen molar-refractivity contribution in [2.45, 2.75) is 19.3 Å². The van der Waals surface area contributed by atoms with Crippen molar-refractivity contribution in [1.82, 2.24) is 15.1 Å². The van der Waals surface area contributed by atoms with Gasteiger partial charge in [0.2, 0.25) is 11.8 Å². The zero-order chi connectivity index (χ0) is 16.4. The van der Waals surface area contributed by atoms with Gasteiger partial charge in [0.05, 0.1) is 17.5 Å². The van der Waals surface area contributed by atoms with Crippen LogP contribution in [0.1, 0.15) is 29.6 Å². The molecule has 1 aliphatic rings. The van der Waals surface area contributed by atoms with Crippen LogP contribution in [0, 0.1) is 5.92 Å². The Balaban J connectivity index is 1.84. The number of nitrogens with zero attached hydrogens (tertiary/aromatic N) is 2. The Morgan fingerprint density at radius 3 is 2.74 bits per heavy atom. The van der Waals surface area contributed by atoms with Gasteiger partial charge < -0.3 is 0 Å². The highest BCUT2D eigenvalue weighted by Crippen LogP contribution is 2.26. The number of amides is 2. The molecule has 23 heavy (non-hydrogen) atoms. The third-order valence-electron chi connectivity index (χ3n) is 4.07. The Bertz CT molecular complexity index is 765. The first-order chi connectivity index (χ1) is 11.1. The van der Waals surface area contributed by atoms with E-state index in [1.807, 2.05) is 30.3 Å². The van der Waals surface area contributed by atoms with Gasteiger partial charge in [-0.25, -0.2) is 0 Å². The number of imide groups is 1. The zero-order valence-electron chi connectivity index (χ0n) is 12.8. The molecule has 1 fully saturated rings. The number of carbonyl (C=O) groups is 3. The van der Waals surface area contributed by atoms with E-state index in [1.54, 1.807) is 11.7 Å². The van der Waals surface area contributed by atoms with Crippen LogP contribution in [0.4, 0.5) is 0 Å². The van der Waals surface area contributed by atoms with Crippen LogP contribution in [-0.4, -0.2) is 27.4 Å². The molecule has 2 aromatic rings. The number of rotatable bonds is 4. The Hall–Kier alpha value is -2.76. The van der Waals surface area contributed by atoms with E-state index in [2.05, 4.69) is 10.4 Å². The van der Waals surface area contributed by atoms with Gasteiger partial charge in [-0.1, -0.05) is 30.3 Å². The molecule has 6 heteroatoms. The second kappa shape index (κ2) is 6.16. The lowest BCUT2D eigenvalue weighted by atomic mass is 9.90. The summed E-state index contributed by atoms with van der Waals surface area (Å²) in [6.45, 7) is 0. The highest BCUT2D eigenvalue weighted by molar-refractivity contribution is 6.05. The molecule has 118 valence electrons. The lowest BCUT2D eigenvalue weighted by Crippen LogP contribution is -2.41. The molecule has 2 amide bonds. The number of Topliss-reactive ketones (excluding diaryl/α,β-unsaturated/α-hetero) is 1. The fraction of sp³-hybridized carbons (Fsp3) is 0.294. The molecule has 0 aliphatic carbocycles. The minimum Gasteiger partial charge on any atom is -0.296 e. The highest BCUT2D eigenvalue weighted by Gasteiger charge is 2.30. The maximum atomic E-state index is 12.6. The highest BCUT2D eigenvalue weighted by atomic mass is 16.2. The van der Waals surface area contributed by atoms with E-state index in [9.17, 15) is 14.4 Å². The van der Waals surface area contributed by atoms with Crippen LogP contribution in [0.3, 0.4) is 0 Å². The molecule has 1 unspecified atom stereocenters. The van der Waals surface area contributed by atoms with E-state index in [4.69, 9.17) is 0 Å². The first-order valence-corrected chi connectivity index (χ1v) is 7.50. The molecule has 2 heterocycles. The molecule has 3 rings (SSSR count). The molecule has 1 aromatic carbocycles. The average Bonchev–Trinajstić information content (AvgIpc) is 2.92. The summed E-state index contributed by atoms with van der Waals surface area (Å²) in [5.74, 6) is -1.22. The van der Waals surface area contributed by atoms with Crippen molar-refractivity contribution in [2.24, 2.45) is 13.0 Å². The second-order valence-electron chi connectivity index (χ2n) is 5.67. The third kappa shape index (κ3) is 3.06. The number of hydrogen-bond donors (Lipinski definition) is 1. The van der Waals surface area contributed by atoms with Crippen LogP contribution in [0.25, 0.3) is 11.3 Å². The number of benzene rings is 1. The minimum atomic E-state index is -0.455. The zero-order valence-corrected chi connectivity index (χ0v) is 12.8. The minimum absolute atomic E-state index is 0.0879. The summed E-state index contributed by atoms with van der Waals surface area (Å²) in [7, 11) is 1.78. The van der Waals surface area contributed by atoms with Crippen LogP contribution in [0.2, 0.25) is 0 Å². The SMILES string of the molecule is Cn1ncc(C(=O)CC2CCC(=O)NC2=O)c1-c1ccccc1. The maximum absolute atomic E-state index is 12.6.